The SMILES string of the molecule is COCC(=O)N(c1c(C)cccc1C)C1CCOC1=O. The summed E-state index contributed by atoms with van der Waals surface area (Å²) in [6, 6.07) is 5.23. The number of aryl methyl sites for hydroxylation is 2. The lowest BCUT2D eigenvalue weighted by Gasteiger charge is -2.29. The number of benzene rings is 1. The summed E-state index contributed by atoms with van der Waals surface area (Å²) in [5.74, 6) is -0.578. The van der Waals surface area contributed by atoms with Crippen LogP contribution in [0, 0.1) is 13.8 Å². The van der Waals surface area contributed by atoms with E-state index in [1.807, 2.05) is 32.0 Å². The van der Waals surface area contributed by atoms with Crippen LogP contribution in [0.25, 0.3) is 0 Å². The van der Waals surface area contributed by atoms with E-state index in [1.165, 1.54) is 12.0 Å². The second-order valence-electron chi connectivity index (χ2n) is 4.91. The van der Waals surface area contributed by atoms with Crippen molar-refractivity contribution in [2.75, 3.05) is 25.2 Å². The van der Waals surface area contributed by atoms with E-state index in [9.17, 15) is 9.59 Å². The van der Waals surface area contributed by atoms with E-state index in [2.05, 4.69) is 0 Å². The maximum atomic E-state index is 12.4. The maximum absolute atomic E-state index is 12.4. The molecular formula is C15H19NO4. The molecule has 0 radical (unpaired) electrons. The van der Waals surface area contributed by atoms with Crippen LogP contribution in [-0.4, -0.2) is 38.2 Å². The maximum Gasteiger partial charge on any atom is 0.329 e. The van der Waals surface area contributed by atoms with E-state index in [1.54, 1.807) is 0 Å². The minimum absolute atomic E-state index is 0.0580. The van der Waals surface area contributed by atoms with Crippen LogP contribution in [0.1, 0.15) is 17.5 Å². The molecule has 0 saturated carbocycles. The summed E-state index contributed by atoms with van der Waals surface area (Å²) in [6.45, 7) is 4.15. The first-order chi connectivity index (χ1) is 9.56. The van der Waals surface area contributed by atoms with Gasteiger partial charge < -0.3 is 9.47 Å². The van der Waals surface area contributed by atoms with Crippen LogP contribution in [0.3, 0.4) is 0 Å². The summed E-state index contributed by atoms with van der Waals surface area (Å²) in [5, 5.41) is 0. The number of anilines is 1. The number of carbonyl (C=O) groups is 2. The van der Waals surface area contributed by atoms with Crippen molar-refractivity contribution in [3.63, 3.8) is 0 Å². The third-order valence-corrected chi connectivity index (χ3v) is 3.44. The highest BCUT2D eigenvalue weighted by molar-refractivity contribution is 6.01. The third kappa shape index (κ3) is 2.67. The first-order valence-electron chi connectivity index (χ1n) is 6.60. The molecule has 1 amide bonds. The molecule has 1 aliphatic rings. The van der Waals surface area contributed by atoms with E-state index in [-0.39, 0.29) is 18.5 Å². The zero-order valence-corrected chi connectivity index (χ0v) is 12.0. The molecule has 108 valence electrons. The van der Waals surface area contributed by atoms with Gasteiger partial charge in [0.1, 0.15) is 12.6 Å². The smallest absolute Gasteiger partial charge is 0.329 e. The number of hydrogen-bond acceptors (Lipinski definition) is 4. The van der Waals surface area contributed by atoms with Gasteiger partial charge in [0.15, 0.2) is 0 Å². The minimum atomic E-state index is -0.558. The molecule has 0 aliphatic carbocycles. The van der Waals surface area contributed by atoms with Crippen LogP contribution in [0.5, 0.6) is 0 Å². The van der Waals surface area contributed by atoms with Crippen molar-refractivity contribution < 1.29 is 19.1 Å². The highest BCUT2D eigenvalue weighted by Crippen LogP contribution is 2.29. The summed E-state index contributed by atoms with van der Waals surface area (Å²) in [6.07, 6.45) is 0.516. The lowest BCUT2D eigenvalue weighted by Crippen LogP contribution is -2.45. The Hall–Kier alpha value is -1.88. The number of methoxy groups -OCH3 is 1. The van der Waals surface area contributed by atoms with E-state index >= 15 is 0 Å². The molecule has 0 bridgehead atoms. The van der Waals surface area contributed by atoms with Crippen molar-refractivity contribution in [1.29, 1.82) is 0 Å². The summed E-state index contributed by atoms with van der Waals surface area (Å²) < 4.78 is 9.94. The monoisotopic (exact) mass is 277 g/mol. The molecule has 5 nitrogen and oxygen atoms in total. The van der Waals surface area contributed by atoms with Crippen molar-refractivity contribution in [2.45, 2.75) is 26.3 Å². The van der Waals surface area contributed by atoms with Gasteiger partial charge >= 0.3 is 5.97 Å². The quantitative estimate of drug-likeness (QED) is 0.784. The van der Waals surface area contributed by atoms with E-state index < -0.39 is 6.04 Å². The first-order valence-corrected chi connectivity index (χ1v) is 6.60. The van der Waals surface area contributed by atoms with Crippen LogP contribution >= 0.6 is 0 Å². The van der Waals surface area contributed by atoms with Crippen LogP contribution in [0.2, 0.25) is 0 Å². The molecule has 1 atom stereocenters. The van der Waals surface area contributed by atoms with Crippen molar-refractivity contribution in [3.05, 3.63) is 29.3 Å². The van der Waals surface area contributed by atoms with Crippen LogP contribution < -0.4 is 4.90 Å². The molecule has 1 aromatic rings. The average Bonchev–Trinajstić information content (AvgIpc) is 2.80. The predicted octanol–water partition coefficient (Wildman–Crippen LogP) is 1.60. The molecule has 0 aromatic heterocycles. The molecular weight excluding hydrogens is 258 g/mol. The van der Waals surface area contributed by atoms with E-state index in [4.69, 9.17) is 9.47 Å². The van der Waals surface area contributed by atoms with Gasteiger partial charge in [-0.2, -0.15) is 0 Å². The molecule has 0 spiro atoms. The molecule has 20 heavy (non-hydrogen) atoms. The lowest BCUT2D eigenvalue weighted by molar-refractivity contribution is -0.140. The molecule has 0 N–H and O–H groups in total. The number of hydrogen-bond donors (Lipinski definition) is 0. The number of esters is 1. The van der Waals surface area contributed by atoms with Gasteiger partial charge in [-0.3, -0.25) is 9.69 Å². The Morgan fingerprint density at radius 1 is 1.40 bits per heavy atom. The predicted molar refractivity (Wildman–Crippen MR) is 74.6 cm³/mol. The number of cyclic esters (lactones) is 1. The van der Waals surface area contributed by atoms with Crippen LogP contribution in [0.4, 0.5) is 5.69 Å². The van der Waals surface area contributed by atoms with Gasteiger partial charge in [0.2, 0.25) is 0 Å². The topological polar surface area (TPSA) is 55.8 Å². The summed E-state index contributed by atoms with van der Waals surface area (Å²) in [5.41, 5.74) is 2.68. The number of carbonyl (C=O) groups excluding carboxylic acids is 2. The lowest BCUT2D eigenvalue weighted by atomic mass is 10.0. The largest absolute Gasteiger partial charge is 0.464 e. The standard InChI is InChI=1S/C15H19NO4/c1-10-5-4-6-11(2)14(10)16(13(17)9-19-3)12-7-8-20-15(12)18/h4-6,12H,7-9H2,1-3H3. The molecule has 5 heteroatoms. The molecule has 2 rings (SSSR count). The highest BCUT2D eigenvalue weighted by atomic mass is 16.5. The molecule has 1 saturated heterocycles. The van der Waals surface area contributed by atoms with Crippen LogP contribution in [0.15, 0.2) is 18.2 Å². The molecule has 1 heterocycles. The fourth-order valence-electron chi connectivity index (χ4n) is 2.55. The van der Waals surface area contributed by atoms with Gasteiger partial charge in [0.25, 0.3) is 5.91 Å². The Morgan fingerprint density at radius 3 is 2.55 bits per heavy atom. The molecule has 1 aromatic carbocycles. The zero-order chi connectivity index (χ0) is 14.7. The number of rotatable bonds is 4. The van der Waals surface area contributed by atoms with Gasteiger partial charge in [-0.1, -0.05) is 18.2 Å². The number of amides is 1. The van der Waals surface area contributed by atoms with Crippen molar-refractivity contribution in [3.8, 4) is 0 Å². The second-order valence-corrected chi connectivity index (χ2v) is 4.91. The van der Waals surface area contributed by atoms with E-state index in [0.29, 0.717) is 13.0 Å². The van der Waals surface area contributed by atoms with Crippen molar-refractivity contribution >= 4 is 17.6 Å². The zero-order valence-electron chi connectivity index (χ0n) is 12.0. The van der Waals surface area contributed by atoms with Gasteiger partial charge in [-0.05, 0) is 25.0 Å². The Bertz CT molecular complexity index is 506. The van der Waals surface area contributed by atoms with Crippen molar-refractivity contribution in [2.24, 2.45) is 0 Å². The number of ether oxygens (including phenoxy) is 2. The molecule has 1 fully saturated rings. The first kappa shape index (κ1) is 14.5. The molecule has 1 aliphatic heterocycles. The summed E-state index contributed by atoms with van der Waals surface area (Å²) in [4.78, 5) is 25.8. The molecule has 1 unspecified atom stereocenters. The average molecular weight is 277 g/mol. The van der Waals surface area contributed by atoms with E-state index in [0.717, 1.165) is 16.8 Å². The number of para-hydroxylation sites is 1. The van der Waals surface area contributed by atoms with Crippen molar-refractivity contribution in [1.82, 2.24) is 0 Å². The number of nitrogens with zero attached hydrogens (tertiary/aromatic N) is 1. The normalized spacial score (nSPS) is 17.9. The minimum Gasteiger partial charge on any atom is -0.464 e. The third-order valence-electron chi connectivity index (χ3n) is 3.44. The van der Waals surface area contributed by atoms with Gasteiger partial charge in [0, 0.05) is 13.5 Å². The van der Waals surface area contributed by atoms with Gasteiger partial charge in [-0.15, -0.1) is 0 Å². The Morgan fingerprint density at radius 2 is 2.05 bits per heavy atom. The Balaban J connectivity index is 2.46. The summed E-state index contributed by atoms with van der Waals surface area (Å²) >= 11 is 0. The fourth-order valence-corrected chi connectivity index (χ4v) is 2.55. The van der Waals surface area contributed by atoms with Gasteiger partial charge in [0.05, 0.1) is 12.3 Å². The fraction of sp³-hybridized carbons (Fsp3) is 0.467. The van der Waals surface area contributed by atoms with Gasteiger partial charge in [-0.25, -0.2) is 4.79 Å². The highest BCUT2D eigenvalue weighted by Gasteiger charge is 2.37. The Kier molecular flexibility index (Phi) is 4.39. The van der Waals surface area contributed by atoms with Crippen LogP contribution in [-0.2, 0) is 19.1 Å². The second kappa shape index (κ2) is 6.05. The Labute approximate surface area is 118 Å². The summed E-state index contributed by atoms with van der Waals surface area (Å²) in [7, 11) is 1.47.